The first-order valence-corrected chi connectivity index (χ1v) is 7.17. The van der Waals surface area contributed by atoms with Gasteiger partial charge in [0.1, 0.15) is 0 Å². The number of carbonyl (C=O) groups excluding carboxylic acids is 1. The summed E-state index contributed by atoms with van der Waals surface area (Å²) < 4.78 is 35.7. The minimum absolute atomic E-state index is 0.0748. The highest BCUT2D eigenvalue weighted by Gasteiger charge is 2.32. The summed E-state index contributed by atoms with van der Waals surface area (Å²) in [5.41, 5.74) is -4.29. The fourth-order valence-corrected chi connectivity index (χ4v) is 2.56. The van der Waals surface area contributed by atoms with Crippen molar-refractivity contribution in [1.29, 1.82) is 0 Å². The quantitative estimate of drug-likeness (QED) is 0.780. The van der Waals surface area contributed by atoms with Crippen LogP contribution in [-0.4, -0.2) is 52.4 Å². The first-order valence-electron chi connectivity index (χ1n) is 6.18. The van der Waals surface area contributed by atoms with Crippen LogP contribution in [0.1, 0.15) is 19.8 Å². The predicted molar refractivity (Wildman–Crippen MR) is 68.4 cm³/mol. The maximum Gasteiger partial charge on any atom is 0.441 e. The number of carbonyl (C=O) groups is 2. The maximum absolute atomic E-state index is 11.9. The number of thioether (sulfide) groups is 1. The molecule has 9 heteroatoms. The summed E-state index contributed by atoms with van der Waals surface area (Å²) in [7, 11) is 0. The summed E-state index contributed by atoms with van der Waals surface area (Å²) >= 11 is -0.184. The number of urea groups is 1. The Bertz CT molecular complexity index is 365. The Hall–Kier alpha value is -1.12. The van der Waals surface area contributed by atoms with Gasteiger partial charge in [-0.25, -0.2) is 4.79 Å². The average Bonchev–Trinajstić information content (AvgIpc) is 2.33. The van der Waals surface area contributed by atoms with E-state index in [0.717, 1.165) is 0 Å². The molecular formula is C11H17F3N2O3S. The van der Waals surface area contributed by atoms with E-state index >= 15 is 0 Å². The highest BCUT2D eigenvalue weighted by atomic mass is 32.2. The third kappa shape index (κ3) is 5.48. The van der Waals surface area contributed by atoms with Crippen LogP contribution in [-0.2, 0) is 4.79 Å². The van der Waals surface area contributed by atoms with Crippen LogP contribution in [0.5, 0.6) is 0 Å². The SMILES string of the molecule is CC1CC(C(=O)O)CCN1C(=O)NCCSC(F)(F)F. The lowest BCUT2D eigenvalue weighted by atomic mass is 9.92. The van der Waals surface area contributed by atoms with E-state index in [1.165, 1.54) is 4.90 Å². The Morgan fingerprint density at radius 1 is 1.45 bits per heavy atom. The molecule has 0 saturated carbocycles. The van der Waals surface area contributed by atoms with Crippen LogP contribution in [0, 0.1) is 5.92 Å². The van der Waals surface area contributed by atoms with Gasteiger partial charge in [0.15, 0.2) is 0 Å². The van der Waals surface area contributed by atoms with Crippen LogP contribution in [0.25, 0.3) is 0 Å². The smallest absolute Gasteiger partial charge is 0.441 e. The molecule has 116 valence electrons. The van der Waals surface area contributed by atoms with Crippen molar-refractivity contribution < 1.29 is 27.9 Å². The van der Waals surface area contributed by atoms with Gasteiger partial charge in [-0.15, -0.1) is 0 Å². The van der Waals surface area contributed by atoms with E-state index in [9.17, 15) is 22.8 Å². The molecule has 5 nitrogen and oxygen atoms in total. The predicted octanol–water partition coefficient (Wildman–Crippen LogP) is 2.13. The van der Waals surface area contributed by atoms with E-state index in [1.54, 1.807) is 6.92 Å². The summed E-state index contributed by atoms with van der Waals surface area (Å²) in [6.45, 7) is 1.96. The lowest BCUT2D eigenvalue weighted by molar-refractivity contribution is -0.143. The minimum atomic E-state index is -4.29. The van der Waals surface area contributed by atoms with Gasteiger partial charge in [-0.05, 0) is 31.5 Å². The molecule has 1 aliphatic heterocycles. The number of halogens is 3. The number of rotatable bonds is 4. The van der Waals surface area contributed by atoms with E-state index in [4.69, 9.17) is 5.11 Å². The highest BCUT2D eigenvalue weighted by Crippen LogP contribution is 2.29. The van der Waals surface area contributed by atoms with Gasteiger partial charge >= 0.3 is 17.5 Å². The van der Waals surface area contributed by atoms with Crippen molar-refractivity contribution >= 4 is 23.8 Å². The summed E-state index contributed by atoms with van der Waals surface area (Å²) in [6.07, 6.45) is 0.727. The molecule has 1 saturated heterocycles. The number of alkyl halides is 3. The van der Waals surface area contributed by atoms with Crippen molar-refractivity contribution in [1.82, 2.24) is 10.2 Å². The second kappa shape index (κ2) is 7.05. The normalized spacial score (nSPS) is 23.5. The Labute approximate surface area is 118 Å². The lowest BCUT2D eigenvalue weighted by Crippen LogP contribution is -2.50. The van der Waals surface area contributed by atoms with Gasteiger partial charge in [0.25, 0.3) is 0 Å². The molecule has 1 heterocycles. The lowest BCUT2D eigenvalue weighted by Gasteiger charge is -2.36. The van der Waals surface area contributed by atoms with E-state index in [0.29, 0.717) is 19.4 Å². The molecular weight excluding hydrogens is 297 g/mol. The summed E-state index contributed by atoms with van der Waals surface area (Å²) in [4.78, 5) is 24.1. The Kier molecular flexibility index (Phi) is 5.97. The molecule has 20 heavy (non-hydrogen) atoms. The maximum atomic E-state index is 11.9. The summed E-state index contributed by atoms with van der Waals surface area (Å²) in [5.74, 6) is -1.58. The number of aliphatic carboxylic acids is 1. The molecule has 2 N–H and O–H groups in total. The van der Waals surface area contributed by atoms with Gasteiger partial charge < -0.3 is 15.3 Å². The van der Waals surface area contributed by atoms with Gasteiger partial charge in [0.2, 0.25) is 0 Å². The van der Waals surface area contributed by atoms with Crippen LogP contribution in [0.4, 0.5) is 18.0 Å². The number of likely N-dealkylation sites (tertiary alicyclic amines) is 1. The standard InChI is InChI=1S/C11H17F3N2O3S/c1-7-6-8(9(17)18)2-4-16(7)10(19)15-3-5-20-11(12,13)14/h7-8H,2-6H2,1H3,(H,15,19)(H,17,18). The molecule has 2 unspecified atom stereocenters. The van der Waals surface area contributed by atoms with Crippen molar-refractivity contribution in [2.24, 2.45) is 5.92 Å². The molecule has 2 amide bonds. The third-order valence-electron chi connectivity index (χ3n) is 3.13. The number of nitrogens with zero attached hydrogens (tertiary/aromatic N) is 1. The van der Waals surface area contributed by atoms with Gasteiger partial charge in [-0.2, -0.15) is 13.2 Å². The largest absolute Gasteiger partial charge is 0.481 e. The Morgan fingerprint density at radius 3 is 2.60 bits per heavy atom. The number of carboxylic acid groups (broad SMARTS) is 1. The fraction of sp³-hybridized carbons (Fsp3) is 0.818. The molecule has 0 aliphatic carbocycles. The van der Waals surface area contributed by atoms with Crippen LogP contribution >= 0.6 is 11.8 Å². The Morgan fingerprint density at radius 2 is 2.10 bits per heavy atom. The van der Waals surface area contributed by atoms with Gasteiger partial charge in [-0.3, -0.25) is 4.79 Å². The molecule has 0 spiro atoms. The average molecular weight is 314 g/mol. The Balaban J connectivity index is 2.32. The summed E-state index contributed by atoms with van der Waals surface area (Å²) in [6, 6.07) is -0.677. The topological polar surface area (TPSA) is 69.6 Å². The van der Waals surface area contributed by atoms with Gasteiger partial charge in [-0.1, -0.05) is 0 Å². The first-order chi connectivity index (χ1) is 9.20. The number of nitrogens with one attached hydrogen (secondary N) is 1. The fourth-order valence-electron chi connectivity index (χ4n) is 2.12. The number of carboxylic acids is 1. The molecule has 1 aliphatic rings. The van der Waals surface area contributed by atoms with E-state index in [-0.39, 0.29) is 30.1 Å². The third-order valence-corrected chi connectivity index (χ3v) is 3.87. The van der Waals surface area contributed by atoms with Crippen molar-refractivity contribution in [3.63, 3.8) is 0 Å². The van der Waals surface area contributed by atoms with E-state index < -0.39 is 23.4 Å². The van der Waals surface area contributed by atoms with Crippen molar-refractivity contribution in [2.75, 3.05) is 18.8 Å². The molecule has 0 bridgehead atoms. The highest BCUT2D eigenvalue weighted by molar-refractivity contribution is 8.00. The zero-order valence-corrected chi connectivity index (χ0v) is 11.8. The second-order valence-electron chi connectivity index (χ2n) is 4.63. The monoisotopic (exact) mass is 314 g/mol. The first kappa shape index (κ1) is 16.9. The number of piperidine rings is 1. The van der Waals surface area contributed by atoms with Crippen LogP contribution in [0.3, 0.4) is 0 Å². The summed E-state index contributed by atoms with van der Waals surface area (Å²) in [5, 5.41) is 11.3. The molecule has 0 radical (unpaired) electrons. The van der Waals surface area contributed by atoms with E-state index in [1.807, 2.05) is 0 Å². The van der Waals surface area contributed by atoms with Gasteiger partial charge in [0, 0.05) is 24.9 Å². The molecule has 1 fully saturated rings. The number of amides is 2. The zero-order chi connectivity index (χ0) is 15.3. The van der Waals surface area contributed by atoms with Crippen LogP contribution in [0.15, 0.2) is 0 Å². The number of hydrogen-bond acceptors (Lipinski definition) is 3. The van der Waals surface area contributed by atoms with Crippen LogP contribution in [0.2, 0.25) is 0 Å². The van der Waals surface area contributed by atoms with Crippen molar-refractivity contribution in [3.05, 3.63) is 0 Å². The molecule has 0 aromatic heterocycles. The second-order valence-corrected chi connectivity index (χ2v) is 5.79. The zero-order valence-electron chi connectivity index (χ0n) is 10.9. The molecule has 0 aromatic carbocycles. The van der Waals surface area contributed by atoms with Gasteiger partial charge in [0.05, 0.1) is 5.92 Å². The molecule has 0 aromatic rings. The van der Waals surface area contributed by atoms with Crippen molar-refractivity contribution in [2.45, 2.75) is 31.3 Å². The number of hydrogen-bond donors (Lipinski definition) is 2. The van der Waals surface area contributed by atoms with Crippen molar-refractivity contribution in [3.8, 4) is 0 Å². The van der Waals surface area contributed by atoms with Crippen LogP contribution < -0.4 is 5.32 Å². The molecule has 2 atom stereocenters. The van der Waals surface area contributed by atoms with E-state index in [2.05, 4.69) is 5.32 Å². The molecule has 1 rings (SSSR count). The minimum Gasteiger partial charge on any atom is -0.481 e.